The molecule has 1 aliphatic heterocycles. The molecule has 1 aromatic heterocycles. The minimum atomic E-state index is -0.563. The summed E-state index contributed by atoms with van der Waals surface area (Å²) in [6.07, 6.45) is -0.360. The number of hydrogen-bond donors (Lipinski definition) is 1. The van der Waals surface area contributed by atoms with E-state index in [1.54, 1.807) is 11.0 Å². The molecule has 2 heterocycles. The first kappa shape index (κ1) is 19.2. The fraction of sp³-hybridized carbons (Fsp3) is 0.500. The molecule has 1 amide bonds. The van der Waals surface area contributed by atoms with Crippen molar-refractivity contribution < 1.29 is 23.8 Å². The zero-order valence-corrected chi connectivity index (χ0v) is 16.4. The Morgan fingerprint density at radius 1 is 1.26 bits per heavy atom. The molecule has 7 heteroatoms. The topological polar surface area (TPSA) is 80.9 Å². The predicted molar refractivity (Wildman–Crippen MR) is 101 cm³/mol. The van der Waals surface area contributed by atoms with E-state index in [0.29, 0.717) is 25.3 Å². The Morgan fingerprint density at radius 3 is 2.67 bits per heavy atom. The molecular formula is C20H26N2O5. The van der Waals surface area contributed by atoms with E-state index in [1.807, 2.05) is 39.8 Å². The highest BCUT2D eigenvalue weighted by atomic mass is 16.6. The number of hydrogen-bond acceptors (Lipinski definition) is 5. The Morgan fingerprint density at radius 2 is 2.00 bits per heavy atom. The third-order valence-corrected chi connectivity index (χ3v) is 4.51. The monoisotopic (exact) mass is 374 g/mol. The second kappa shape index (κ2) is 7.23. The van der Waals surface area contributed by atoms with Crippen molar-refractivity contribution in [3.05, 3.63) is 35.0 Å². The molecule has 0 radical (unpaired) electrons. The highest BCUT2D eigenvalue weighted by molar-refractivity contribution is 5.96. The van der Waals surface area contributed by atoms with Gasteiger partial charge in [-0.3, -0.25) is 4.90 Å². The third-order valence-electron chi connectivity index (χ3n) is 4.51. The van der Waals surface area contributed by atoms with Crippen molar-refractivity contribution in [2.75, 3.05) is 26.9 Å². The molecule has 1 fully saturated rings. The van der Waals surface area contributed by atoms with Gasteiger partial charge in [-0.25, -0.2) is 9.59 Å². The number of benzene rings is 1. The summed E-state index contributed by atoms with van der Waals surface area (Å²) in [5.74, 6) is -0.373. The Hall–Kier alpha value is -2.54. The van der Waals surface area contributed by atoms with Gasteiger partial charge in [-0.2, -0.15) is 0 Å². The van der Waals surface area contributed by atoms with E-state index < -0.39 is 5.60 Å². The number of aromatic nitrogens is 1. The van der Waals surface area contributed by atoms with E-state index >= 15 is 0 Å². The van der Waals surface area contributed by atoms with E-state index in [-0.39, 0.29) is 18.1 Å². The Balaban J connectivity index is 1.94. The van der Waals surface area contributed by atoms with Crippen molar-refractivity contribution in [1.82, 2.24) is 9.88 Å². The molecule has 1 saturated heterocycles. The summed E-state index contributed by atoms with van der Waals surface area (Å²) in [5, 5.41) is 0.963. The quantitative estimate of drug-likeness (QED) is 0.813. The van der Waals surface area contributed by atoms with Crippen LogP contribution in [0.5, 0.6) is 0 Å². The van der Waals surface area contributed by atoms with Crippen LogP contribution in [0.25, 0.3) is 10.9 Å². The first-order valence-corrected chi connectivity index (χ1v) is 8.98. The number of H-pyrrole nitrogens is 1. The van der Waals surface area contributed by atoms with Crippen molar-refractivity contribution in [3.8, 4) is 0 Å². The van der Waals surface area contributed by atoms with Crippen molar-refractivity contribution in [2.45, 2.75) is 39.3 Å². The summed E-state index contributed by atoms with van der Waals surface area (Å²) in [6, 6.07) is 5.42. The molecule has 1 aliphatic rings. The lowest BCUT2D eigenvalue weighted by Gasteiger charge is -2.36. The fourth-order valence-corrected chi connectivity index (χ4v) is 3.23. The van der Waals surface area contributed by atoms with Crippen LogP contribution >= 0.6 is 0 Å². The van der Waals surface area contributed by atoms with Gasteiger partial charge in [0.15, 0.2) is 0 Å². The highest BCUT2D eigenvalue weighted by Crippen LogP contribution is 2.30. The number of ether oxygens (including phenoxy) is 3. The molecule has 0 spiro atoms. The lowest BCUT2D eigenvalue weighted by molar-refractivity contribution is -0.0339. The average molecular weight is 374 g/mol. The van der Waals surface area contributed by atoms with Crippen LogP contribution in [0.2, 0.25) is 0 Å². The van der Waals surface area contributed by atoms with Crippen molar-refractivity contribution in [1.29, 1.82) is 0 Å². The molecule has 1 N–H and O–H groups in total. The molecule has 0 bridgehead atoms. The second-order valence-electron chi connectivity index (χ2n) is 7.74. The van der Waals surface area contributed by atoms with Crippen molar-refractivity contribution in [2.24, 2.45) is 0 Å². The molecule has 2 aromatic rings. The van der Waals surface area contributed by atoms with Crippen LogP contribution in [0.3, 0.4) is 0 Å². The first-order chi connectivity index (χ1) is 12.7. The van der Waals surface area contributed by atoms with Crippen LogP contribution in [-0.4, -0.2) is 54.4 Å². The largest absolute Gasteiger partial charge is 0.465 e. The average Bonchev–Trinajstić information content (AvgIpc) is 3.01. The van der Waals surface area contributed by atoms with E-state index in [0.717, 1.165) is 22.2 Å². The third kappa shape index (κ3) is 4.08. The molecule has 0 saturated carbocycles. The number of aryl methyl sites for hydroxylation is 1. The number of fused-ring (bicyclic) bond motifs is 1. The second-order valence-corrected chi connectivity index (χ2v) is 7.74. The smallest absolute Gasteiger partial charge is 0.411 e. The number of rotatable bonds is 2. The standard InChI is InChI=1S/C20H26N2O5/c1-12-8-13-9-16(21-15(13)10-14(12)18(23)25-5)17-11-26-7-6-22(17)19(24)27-20(2,3)4/h8-10,17,21H,6-7,11H2,1-5H3. The number of nitrogens with zero attached hydrogens (tertiary/aromatic N) is 1. The van der Waals surface area contributed by atoms with Gasteiger partial charge in [0.1, 0.15) is 5.60 Å². The number of amides is 1. The minimum absolute atomic E-state index is 0.275. The predicted octanol–water partition coefficient (Wildman–Crippen LogP) is 3.57. The zero-order valence-electron chi connectivity index (χ0n) is 16.4. The van der Waals surface area contributed by atoms with Gasteiger partial charge in [-0.05, 0) is 51.5 Å². The van der Waals surface area contributed by atoms with Gasteiger partial charge < -0.3 is 19.2 Å². The number of carbonyl (C=O) groups is 2. The van der Waals surface area contributed by atoms with Crippen molar-refractivity contribution in [3.63, 3.8) is 0 Å². The summed E-state index contributed by atoms with van der Waals surface area (Å²) >= 11 is 0. The van der Waals surface area contributed by atoms with Gasteiger partial charge in [-0.15, -0.1) is 0 Å². The fourth-order valence-electron chi connectivity index (χ4n) is 3.23. The first-order valence-electron chi connectivity index (χ1n) is 8.98. The molecule has 1 unspecified atom stereocenters. The number of esters is 1. The van der Waals surface area contributed by atoms with Gasteiger partial charge in [0.25, 0.3) is 0 Å². The zero-order chi connectivity index (χ0) is 19.8. The Labute approximate surface area is 158 Å². The van der Waals surface area contributed by atoms with Crippen LogP contribution < -0.4 is 0 Å². The number of methoxy groups -OCH3 is 1. The van der Waals surface area contributed by atoms with Crippen molar-refractivity contribution >= 4 is 23.0 Å². The Kier molecular flexibility index (Phi) is 5.15. The summed E-state index contributed by atoms with van der Waals surface area (Å²) in [5.41, 5.74) is 2.45. The van der Waals surface area contributed by atoms with Gasteiger partial charge >= 0.3 is 12.1 Å². The van der Waals surface area contributed by atoms with Crippen LogP contribution in [0, 0.1) is 6.92 Å². The number of nitrogens with one attached hydrogen (secondary N) is 1. The molecule has 1 atom stereocenters. The van der Waals surface area contributed by atoms with Gasteiger partial charge in [-0.1, -0.05) is 0 Å². The molecule has 7 nitrogen and oxygen atoms in total. The molecule has 27 heavy (non-hydrogen) atoms. The Bertz CT molecular complexity index is 865. The lowest BCUT2D eigenvalue weighted by Crippen LogP contribution is -2.45. The summed E-state index contributed by atoms with van der Waals surface area (Å²) < 4.78 is 16.0. The summed E-state index contributed by atoms with van der Waals surface area (Å²) in [4.78, 5) is 29.6. The van der Waals surface area contributed by atoms with E-state index in [4.69, 9.17) is 14.2 Å². The number of morpholine rings is 1. The SMILES string of the molecule is COC(=O)c1cc2[nH]c(C3COCCN3C(=O)OC(C)(C)C)cc2cc1C. The van der Waals surface area contributed by atoms with Gasteiger partial charge in [0.05, 0.1) is 31.9 Å². The molecule has 1 aromatic carbocycles. The van der Waals surface area contributed by atoms with Gasteiger partial charge in [0, 0.05) is 23.1 Å². The summed E-state index contributed by atoms with van der Waals surface area (Å²) in [6.45, 7) is 8.73. The minimum Gasteiger partial charge on any atom is -0.465 e. The molecule has 0 aliphatic carbocycles. The maximum Gasteiger partial charge on any atom is 0.411 e. The van der Waals surface area contributed by atoms with Crippen LogP contribution in [0.1, 0.15) is 48.4 Å². The lowest BCUT2D eigenvalue weighted by atomic mass is 10.1. The van der Waals surface area contributed by atoms with Crippen LogP contribution in [0.15, 0.2) is 18.2 Å². The highest BCUT2D eigenvalue weighted by Gasteiger charge is 2.33. The number of aromatic amines is 1. The molecule has 146 valence electrons. The maximum absolute atomic E-state index is 12.6. The van der Waals surface area contributed by atoms with E-state index in [1.165, 1.54) is 7.11 Å². The molecular weight excluding hydrogens is 348 g/mol. The van der Waals surface area contributed by atoms with Crippen LogP contribution in [-0.2, 0) is 14.2 Å². The maximum atomic E-state index is 12.6. The van der Waals surface area contributed by atoms with Gasteiger partial charge in [0.2, 0.25) is 0 Å². The van der Waals surface area contributed by atoms with E-state index in [2.05, 4.69) is 4.98 Å². The summed E-state index contributed by atoms with van der Waals surface area (Å²) in [7, 11) is 1.37. The molecule has 3 rings (SSSR count). The number of carbonyl (C=O) groups excluding carboxylic acids is 2. The normalized spacial score (nSPS) is 17.8. The van der Waals surface area contributed by atoms with Crippen LogP contribution in [0.4, 0.5) is 4.79 Å². The van der Waals surface area contributed by atoms with E-state index in [9.17, 15) is 9.59 Å².